The van der Waals surface area contributed by atoms with Crippen LogP contribution in [0.3, 0.4) is 0 Å². The van der Waals surface area contributed by atoms with E-state index in [1.54, 1.807) is 4.68 Å². The van der Waals surface area contributed by atoms with Crippen molar-refractivity contribution < 1.29 is 4.74 Å². The van der Waals surface area contributed by atoms with Crippen molar-refractivity contribution in [2.45, 2.75) is 19.9 Å². The van der Waals surface area contributed by atoms with Crippen molar-refractivity contribution in [3.8, 4) is 17.4 Å². The van der Waals surface area contributed by atoms with Gasteiger partial charge in [0.25, 0.3) is 0 Å². The summed E-state index contributed by atoms with van der Waals surface area (Å²) in [5, 5.41) is 18.5. The van der Waals surface area contributed by atoms with Gasteiger partial charge in [-0.05, 0) is 66.3 Å². The highest BCUT2D eigenvalue weighted by atomic mass is 35.5. The maximum Gasteiger partial charge on any atom is 0.345 e. The number of hydrogen-bond acceptors (Lipinski definition) is 6. The van der Waals surface area contributed by atoms with Crippen LogP contribution in [0.5, 0.6) is 11.8 Å². The van der Waals surface area contributed by atoms with E-state index in [0.29, 0.717) is 11.8 Å². The van der Waals surface area contributed by atoms with Crippen molar-refractivity contribution in [1.82, 2.24) is 30.8 Å². The van der Waals surface area contributed by atoms with E-state index in [2.05, 4.69) is 39.1 Å². The summed E-state index contributed by atoms with van der Waals surface area (Å²) in [5.41, 5.74) is 2.01. The zero-order valence-corrected chi connectivity index (χ0v) is 17.4. The number of tetrazole rings is 1. The summed E-state index contributed by atoms with van der Waals surface area (Å²) in [5.74, 6) is 0.712. The van der Waals surface area contributed by atoms with Gasteiger partial charge in [0, 0.05) is 6.54 Å². The van der Waals surface area contributed by atoms with Crippen LogP contribution < -0.4 is 15.4 Å². The van der Waals surface area contributed by atoms with Gasteiger partial charge < -0.3 is 15.4 Å². The lowest BCUT2D eigenvalue weighted by atomic mass is 10.2. The average Bonchev–Trinajstić information content (AvgIpc) is 3.14. The SMILES string of the molecule is CCNCCCNCc1cccc(Oc2nnnn2-c2ccccc2)c1.Cl.Cl. The molecule has 0 spiro atoms. The Labute approximate surface area is 177 Å². The van der Waals surface area contributed by atoms with Gasteiger partial charge in [-0.3, -0.25) is 0 Å². The molecule has 0 aliphatic heterocycles. The molecule has 0 saturated heterocycles. The first-order valence-corrected chi connectivity index (χ1v) is 8.89. The number of hydrogen-bond donors (Lipinski definition) is 2. The van der Waals surface area contributed by atoms with Gasteiger partial charge in [0.1, 0.15) is 5.75 Å². The molecular formula is C19H26Cl2N6O. The van der Waals surface area contributed by atoms with Crippen LogP contribution in [0, 0.1) is 0 Å². The van der Waals surface area contributed by atoms with E-state index < -0.39 is 0 Å². The zero-order chi connectivity index (χ0) is 18.0. The second kappa shape index (κ2) is 13.1. The normalized spacial score (nSPS) is 10.0. The van der Waals surface area contributed by atoms with Crippen LogP contribution >= 0.6 is 24.8 Å². The number of halogens is 2. The van der Waals surface area contributed by atoms with Gasteiger partial charge in [-0.2, -0.15) is 4.68 Å². The van der Waals surface area contributed by atoms with Crippen molar-refractivity contribution in [2.24, 2.45) is 0 Å². The number of benzene rings is 2. The first-order chi connectivity index (χ1) is 12.9. The van der Waals surface area contributed by atoms with Crippen LogP contribution in [-0.4, -0.2) is 39.8 Å². The Morgan fingerprint density at radius 3 is 2.54 bits per heavy atom. The summed E-state index contributed by atoms with van der Waals surface area (Å²) in [7, 11) is 0. The highest BCUT2D eigenvalue weighted by Gasteiger charge is 2.10. The minimum atomic E-state index is 0. The molecule has 0 fully saturated rings. The Bertz CT molecular complexity index is 800. The molecule has 1 aromatic heterocycles. The molecule has 0 radical (unpaired) electrons. The van der Waals surface area contributed by atoms with Crippen LogP contribution in [0.2, 0.25) is 0 Å². The summed E-state index contributed by atoms with van der Waals surface area (Å²) in [6.07, 6.45) is 1.11. The molecule has 0 atom stereocenters. The number of nitrogens with one attached hydrogen (secondary N) is 2. The molecule has 9 heteroatoms. The van der Waals surface area contributed by atoms with E-state index in [9.17, 15) is 0 Å². The molecule has 0 bridgehead atoms. The van der Waals surface area contributed by atoms with Crippen LogP contribution in [0.25, 0.3) is 5.69 Å². The molecule has 28 heavy (non-hydrogen) atoms. The quantitative estimate of drug-likeness (QED) is 0.485. The van der Waals surface area contributed by atoms with Crippen molar-refractivity contribution in [3.05, 3.63) is 60.2 Å². The standard InChI is InChI=1S/C19H24N6O.2ClH/c1-2-20-12-7-13-21-15-16-8-6-11-18(14-16)26-19-22-23-24-25(19)17-9-4-3-5-10-17;;/h3-6,8-11,14,20-21H,2,7,12-13,15H2,1H3;2*1H. The third-order valence-corrected chi connectivity index (χ3v) is 3.84. The number of rotatable bonds is 10. The van der Waals surface area contributed by atoms with Crippen molar-refractivity contribution in [3.63, 3.8) is 0 Å². The highest BCUT2D eigenvalue weighted by Crippen LogP contribution is 2.22. The highest BCUT2D eigenvalue weighted by molar-refractivity contribution is 5.85. The molecule has 2 N–H and O–H groups in total. The van der Waals surface area contributed by atoms with Crippen LogP contribution in [0.4, 0.5) is 0 Å². The monoisotopic (exact) mass is 424 g/mol. The van der Waals surface area contributed by atoms with Gasteiger partial charge in [-0.15, -0.1) is 24.8 Å². The Kier molecular flexibility index (Phi) is 11.1. The summed E-state index contributed by atoms with van der Waals surface area (Å²) in [6, 6.07) is 18.0. The maximum absolute atomic E-state index is 5.89. The topological polar surface area (TPSA) is 76.9 Å². The first-order valence-electron chi connectivity index (χ1n) is 8.89. The largest absolute Gasteiger partial charge is 0.423 e. The van der Waals surface area contributed by atoms with E-state index in [0.717, 1.165) is 43.9 Å². The fourth-order valence-corrected chi connectivity index (χ4v) is 2.55. The fraction of sp³-hybridized carbons (Fsp3) is 0.316. The van der Waals surface area contributed by atoms with E-state index in [1.807, 2.05) is 48.5 Å². The number of ether oxygens (including phenoxy) is 1. The van der Waals surface area contributed by atoms with Gasteiger partial charge in [0.15, 0.2) is 0 Å². The van der Waals surface area contributed by atoms with E-state index in [4.69, 9.17) is 4.74 Å². The van der Waals surface area contributed by atoms with E-state index in [1.165, 1.54) is 0 Å². The predicted molar refractivity (Wildman–Crippen MR) is 115 cm³/mol. The lowest BCUT2D eigenvalue weighted by molar-refractivity contribution is 0.426. The molecule has 2 aromatic carbocycles. The van der Waals surface area contributed by atoms with E-state index >= 15 is 0 Å². The Balaban J connectivity index is 0.00000196. The predicted octanol–water partition coefficient (Wildman–Crippen LogP) is 3.39. The molecule has 0 saturated carbocycles. The minimum absolute atomic E-state index is 0. The van der Waals surface area contributed by atoms with Gasteiger partial charge in [-0.25, -0.2) is 0 Å². The van der Waals surface area contributed by atoms with E-state index in [-0.39, 0.29) is 24.8 Å². The van der Waals surface area contributed by atoms with Gasteiger partial charge in [0.2, 0.25) is 0 Å². The summed E-state index contributed by atoms with van der Waals surface area (Å²) in [6.45, 7) is 5.95. The molecule has 3 aromatic rings. The van der Waals surface area contributed by atoms with Crippen molar-refractivity contribution in [1.29, 1.82) is 0 Å². The maximum atomic E-state index is 5.89. The molecule has 152 valence electrons. The first kappa shape index (κ1) is 23.8. The Hall–Kier alpha value is -2.19. The van der Waals surface area contributed by atoms with Gasteiger partial charge in [0.05, 0.1) is 5.69 Å². The summed E-state index contributed by atoms with van der Waals surface area (Å²) < 4.78 is 7.47. The smallest absolute Gasteiger partial charge is 0.345 e. The number of nitrogens with zero attached hydrogens (tertiary/aromatic N) is 4. The third-order valence-electron chi connectivity index (χ3n) is 3.84. The Morgan fingerprint density at radius 1 is 0.964 bits per heavy atom. The molecule has 0 unspecified atom stereocenters. The molecule has 7 nitrogen and oxygen atoms in total. The molecular weight excluding hydrogens is 399 g/mol. The van der Waals surface area contributed by atoms with Crippen LogP contribution in [-0.2, 0) is 6.54 Å². The second-order valence-corrected chi connectivity index (χ2v) is 5.84. The van der Waals surface area contributed by atoms with Gasteiger partial charge >= 0.3 is 6.01 Å². The lowest BCUT2D eigenvalue weighted by Crippen LogP contribution is -2.21. The number of para-hydroxylation sites is 1. The zero-order valence-electron chi connectivity index (χ0n) is 15.7. The molecule has 1 heterocycles. The van der Waals surface area contributed by atoms with Crippen molar-refractivity contribution >= 4 is 24.8 Å². The lowest BCUT2D eigenvalue weighted by Gasteiger charge is -2.09. The van der Waals surface area contributed by atoms with Crippen LogP contribution in [0.15, 0.2) is 54.6 Å². The molecule has 0 aliphatic carbocycles. The minimum Gasteiger partial charge on any atom is -0.423 e. The molecule has 0 aliphatic rings. The average molecular weight is 425 g/mol. The summed E-state index contributed by atoms with van der Waals surface area (Å²) in [4.78, 5) is 0. The van der Waals surface area contributed by atoms with Crippen molar-refractivity contribution in [2.75, 3.05) is 19.6 Å². The molecule has 0 amide bonds. The van der Waals surface area contributed by atoms with Gasteiger partial charge in [-0.1, -0.05) is 42.4 Å². The summed E-state index contributed by atoms with van der Waals surface area (Å²) >= 11 is 0. The van der Waals surface area contributed by atoms with Crippen LogP contribution in [0.1, 0.15) is 18.9 Å². The Morgan fingerprint density at radius 2 is 1.75 bits per heavy atom. The fourth-order valence-electron chi connectivity index (χ4n) is 2.55. The third kappa shape index (κ3) is 7.09. The molecule has 3 rings (SSSR count). The second-order valence-electron chi connectivity index (χ2n) is 5.84. The number of aromatic nitrogens is 4.